The number of halogens is 3. The molecule has 19 heavy (non-hydrogen) atoms. The second-order valence-corrected chi connectivity index (χ2v) is 5.20. The molecule has 3 rings (SSSR count). The molecule has 0 nitrogen and oxygen atoms in total. The molecule has 0 saturated heterocycles. The van der Waals surface area contributed by atoms with Crippen molar-refractivity contribution in [3.8, 4) is 0 Å². The van der Waals surface area contributed by atoms with Crippen LogP contribution in [0.3, 0.4) is 0 Å². The number of rotatable bonds is 1. The predicted molar refractivity (Wildman–Crippen MR) is 64.5 cm³/mol. The van der Waals surface area contributed by atoms with Gasteiger partial charge in [-0.1, -0.05) is 31.8 Å². The summed E-state index contributed by atoms with van der Waals surface area (Å²) >= 11 is 0. The van der Waals surface area contributed by atoms with Crippen molar-refractivity contribution in [2.75, 3.05) is 0 Å². The van der Waals surface area contributed by atoms with E-state index >= 15 is 0 Å². The first-order valence-corrected chi connectivity index (χ1v) is 6.70. The van der Waals surface area contributed by atoms with Crippen molar-refractivity contribution in [2.45, 2.75) is 58.3 Å². The van der Waals surface area contributed by atoms with E-state index in [1.54, 1.807) is 16.7 Å². The van der Waals surface area contributed by atoms with Gasteiger partial charge in [0.25, 0.3) is 0 Å². The van der Waals surface area contributed by atoms with E-state index in [9.17, 15) is 0 Å². The van der Waals surface area contributed by atoms with Crippen LogP contribution in [0.2, 0.25) is 0 Å². The summed E-state index contributed by atoms with van der Waals surface area (Å²) in [4.78, 5) is 0. The summed E-state index contributed by atoms with van der Waals surface area (Å²) in [5.41, 5.74) is 7.17. The zero-order valence-corrected chi connectivity index (χ0v) is 15.3. The summed E-state index contributed by atoms with van der Waals surface area (Å²) in [5, 5.41) is 0. The van der Waals surface area contributed by atoms with Crippen LogP contribution in [0.5, 0.6) is 0 Å². The fourth-order valence-electron chi connectivity index (χ4n) is 3.79. The van der Waals surface area contributed by atoms with Crippen LogP contribution in [0, 0.1) is 12.3 Å². The van der Waals surface area contributed by atoms with Gasteiger partial charge >= 0.3 is 21.7 Å². The van der Waals surface area contributed by atoms with Crippen molar-refractivity contribution in [3.63, 3.8) is 0 Å². The fraction of sp³-hybridized carbons (Fsp3) is 0.667. The molecule has 0 aromatic carbocycles. The van der Waals surface area contributed by atoms with Crippen LogP contribution in [0.1, 0.15) is 58.3 Å². The monoisotopic (exact) mass is 354 g/mol. The molecule has 0 aromatic rings. The zero-order valence-electron chi connectivity index (χ0n) is 11.4. The first-order valence-electron chi connectivity index (χ1n) is 6.70. The van der Waals surface area contributed by atoms with E-state index in [2.05, 4.69) is 13.3 Å². The molecule has 3 aliphatic carbocycles. The topological polar surface area (TPSA) is 0 Å². The molecule has 1 unspecified atom stereocenters. The number of hydrogen-bond donors (Lipinski definition) is 0. The van der Waals surface area contributed by atoms with E-state index in [0.29, 0.717) is 0 Å². The van der Waals surface area contributed by atoms with Crippen molar-refractivity contribution in [2.24, 2.45) is 5.92 Å². The third-order valence-electron chi connectivity index (χ3n) is 4.42. The summed E-state index contributed by atoms with van der Waals surface area (Å²) < 4.78 is 0. The molecule has 0 amide bonds. The van der Waals surface area contributed by atoms with Gasteiger partial charge in [0.15, 0.2) is 0 Å². The average Bonchev–Trinajstić information content (AvgIpc) is 2.63. The van der Waals surface area contributed by atoms with Crippen LogP contribution >= 0.6 is 0 Å². The molecule has 106 valence electrons. The van der Waals surface area contributed by atoms with Gasteiger partial charge in [-0.3, -0.25) is 0 Å². The van der Waals surface area contributed by atoms with Gasteiger partial charge in [0.1, 0.15) is 0 Å². The Kier molecular flexibility index (Phi) is 11.5. The number of fused-ring (bicyclic) bond motifs is 1. The molecule has 1 atom stereocenters. The Morgan fingerprint density at radius 2 is 1.58 bits per heavy atom. The normalized spacial score (nSPS) is 23.7. The van der Waals surface area contributed by atoms with Crippen molar-refractivity contribution in [1.29, 1.82) is 0 Å². The third kappa shape index (κ3) is 3.98. The largest absolute Gasteiger partial charge is 4.00 e. The van der Waals surface area contributed by atoms with Crippen molar-refractivity contribution in [1.82, 2.24) is 0 Å². The Hall–Kier alpha value is 0.934. The Morgan fingerprint density at radius 1 is 0.947 bits per heavy atom. The van der Waals surface area contributed by atoms with Gasteiger partial charge in [-0.25, -0.2) is 12.0 Å². The quantitative estimate of drug-likeness (QED) is 0.329. The van der Waals surface area contributed by atoms with E-state index in [1.807, 2.05) is 5.57 Å². The Balaban J connectivity index is 0. The first-order chi connectivity index (χ1) is 7.42. The molecule has 0 spiro atoms. The van der Waals surface area contributed by atoms with Crippen molar-refractivity contribution in [3.05, 3.63) is 28.7 Å². The van der Waals surface area contributed by atoms with Gasteiger partial charge in [0.05, 0.1) is 0 Å². The molecule has 0 radical (unpaired) electrons. The van der Waals surface area contributed by atoms with Gasteiger partial charge in [-0.2, -0.15) is 5.57 Å². The smallest absolute Gasteiger partial charge is 1.00 e. The SMILES string of the molecule is CCC1C2=C(CCC[CH-]2)C2=C1CCCC2.[Cl-].[Cl-].[Cl-].[Ti+4]. The maximum atomic E-state index is 2.55. The van der Waals surface area contributed by atoms with E-state index in [0.717, 1.165) is 5.92 Å². The molecular formula is C15H21Cl3Ti. The van der Waals surface area contributed by atoms with Crippen LogP contribution in [-0.4, -0.2) is 0 Å². The van der Waals surface area contributed by atoms with Gasteiger partial charge in [-0.05, 0) is 31.6 Å². The van der Waals surface area contributed by atoms with Crippen molar-refractivity contribution < 1.29 is 58.9 Å². The molecule has 0 aromatic heterocycles. The zero-order chi connectivity index (χ0) is 10.3. The van der Waals surface area contributed by atoms with Crippen LogP contribution in [0.25, 0.3) is 0 Å². The van der Waals surface area contributed by atoms with Crippen LogP contribution in [0.4, 0.5) is 0 Å². The fourth-order valence-corrected chi connectivity index (χ4v) is 3.79. The van der Waals surface area contributed by atoms with Gasteiger partial charge in [0, 0.05) is 0 Å². The molecule has 3 aliphatic rings. The third-order valence-corrected chi connectivity index (χ3v) is 4.42. The molecular weight excluding hydrogens is 334 g/mol. The van der Waals surface area contributed by atoms with E-state index in [4.69, 9.17) is 0 Å². The minimum absolute atomic E-state index is 0. The maximum absolute atomic E-state index is 2.55. The summed E-state index contributed by atoms with van der Waals surface area (Å²) in [5.74, 6) is 0.829. The van der Waals surface area contributed by atoms with E-state index in [-0.39, 0.29) is 58.9 Å². The first kappa shape index (κ1) is 22.2. The van der Waals surface area contributed by atoms with E-state index < -0.39 is 0 Å². The molecule has 0 N–H and O–H groups in total. The summed E-state index contributed by atoms with van der Waals surface area (Å²) in [7, 11) is 0. The van der Waals surface area contributed by atoms with Crippen molar-refractivity contribution >= 4 is 0 Å². The minimum atomic E-state index is 0. The summed E-state index contributed by atoms with van der Waals surface area (Å²) in [6.07, 6.45) is 13.6. The molecule has 0 heterocycles. The second-order valence-electron chi connectivity index (χ2n) is 5.20. The van der Waals surface area contributed by atoms with Crippen LogP contribution in [0.15, 0.2) is 22.3 Å². The molecule has 4 heteroatoms. The predicted octanol–water partition coefficient (Wildman–Crippen LogP) is -4.41. The number of allylic oxidation sites excluding steroid dienone is 4. The molecule has 0 bridgehead atoms. The summed E-state index contributed by atoms with van der Waals surface area (Å²) in [6, 6.07) is 0. The van der Waals surface area contributed by atoms with Gasteiger partial charge < -0.3 is 37.2 Å². The second kappa shape index (κ2) is 9.80. The van der Waals surface area contributed by atoms with Crippen LogP contribution in [-0.2, 0) is 21.7 Å². The molecule has 0 aliphatic heterocycles. The van der Waals surface area contributed by atoms with Gasteiger partial charge in [0.2, 0.25) is 0 Å². The van der Waals surface area contributed by atoms with E-state index in [1.165, 1.54) is 51.4 Å². The number of hydrogen-bond acceptors (Lipinski definition) is 0. The maximum Gasteiger partial charge on any atom is 4.00 e. The Morgan fingerprint density at radius 3 is 2.26 bits per heavy atom. The Labute approximate surface area is 151 Å². The van der Waals surface area contributed by atoms with Crippen LogP contribution < -0.4 is 37.2 Å². The Bertz CT molecular complexity index is 315. The summed E-state index contributed by atoms with van der Waals surface area (Å²) in [6.45, 7) is 2.36. The minimum Gasteiger partial charge on any atom is -1.00 e. The standard InChI is InChI=1S/C15H21.3ClH.Ti/c1-2-11-12-7-3-5-9-14(12)15-10-6-4-8-13(11)15;;;;/h7,11H,2-6,8-10H2,1H3;3*1H;/q-1;;;;+4/p-3. The molecule has 0 fully saturated rings. The average molecular weight is 356 g/mol. The molecule has 0 saturated carbocycles. The van der Waals surface area contributed by atoms with Gasteiger partial charge in [-0.15, -0.1) is 12.0 Å².